The van der Waals surface area contributed by atoms with Gasteiger partial charge in [0.15, 0.2) is 0 Å². The predicted molar refractivity (Wildman–Crippen MR) is 66.7 cm³/mol. The first kappa shape index (κ1) is 12.6. The molecule has 0 radical (unpaired) electrons. The lowest BCUT2D eigenvalue weighted by Crippen LogP contribution is -2.34. The van der Waals surface area contributed by atoms with Crippen LogP contribution in [0, 0.1) is 11.3 Å². The molecule has 0 fully saturated rings. The monoisotopic (exact) mass is 244 g/mol. The first-order valence-electron chi connectivity index (χ1n) is 6.12. The van der Waals surface area contributed by atoms with Crippen LogP contribution >= 0.6 is 0 Å². The molecule has 0 bridgehead atoms. The van der Waals surface area contributed by atoms with E-state index in [2.05, 4.69) is 11.4 Å². The van der Waals surface area contributed by atoms with E-state index in [0.717, 1.165) is 17.5 Å². The van der Waals surface area contributed by atoms with Crippen LogP contribution in [0.15, 0.2) is 18.2 Å². The molecule has 1 aliphatic rings. The van der Waals surface area contributed by atoms with Crippen molar-refractivity contribution in [2.75, 3.05) is 0 Å². The third-order valence-electron chi connectivity index (χ3n) is 3.15. The second-order valence-electron chi connectivity index (χ2n) is 4.42. The molecular weight excluding hydrogens is 228 g/mol. The van der Waals surface area contributed by atoms with Crippen LogP contribution < -0.4 is 5.32 Å². The van der Waals surface area contributed by atoms with Gasteiger partial charge in [-0.15, -0.1) is 0 Å². The maximum absolute atomic E-state index is 12.0. The molecule has 1 unspecified atom stereocenters. The summed E-state index contributed by atoms with van der Waals surface area (Å²) in [6, 6.07) is 7.62. The minimum atomic E-state index is -0.119. The van der Waals surface area contributed by atoms with E-state index in [1.54, 1.807) is 0 Å². The molecule has 1 aromatic rings. The first-order chi connectivity index (χ1) is 8.74. The minimum Gasteiger partial charge on any atom is -0.372 e. The molecule has 0 saturated heterocycles. The Morgan fingerprint density at radius 3 is 3.00 bits per heavy atom. The summed E-state index contributed by atoms with van der Waals surface area (Å²) >= 11 is 0. The molecule has 0 aliphatic carbocycles. The molecular formula is C14H16N2O2. The van der Waals surface area contributed by atoms with Crippen LogP contribution in [0.1, 0.15) is 41.3 Å². The van der Waals surface area contributed by atoms with Crippen LogP contribution in [0.3, 0.4) is 0 Å². The van der Waals surface area contributed by atoms with E-state index < -0.39 is 0 Å². The Morgan fingerprint density at radius 2 is 2.28 bits per heavy atom. The summed E-state index contributed by atoms with van der Waals surface area (Å²) in [6.07, 6.45) is 1.10. The van der Waals surface area contributed by atoms with E-state index in [1.807, 2.05) is 25.1 Å². The van der Waals surface area contributed by atoms with Gasteiger partial charge >= 0.3 is 0 Å². The van der Waals surface area contributed by atoms with Crippen molar-refractivity contribution < 1.29 is 9.53 Å². The molecule has 1 aromatic carbocycles. The SMILES string of the molecule is CCC(CC#N)NC(=O)c1ccc2c(c1)COC2. The lowest BCUT2D eigenvalue weighted by molar-refractivity contribution is 0.0936. The van der Waals surface area contributed by atoms with E-state index in [4.69, 9.17) is 10.00 Å². The Hall–Kier alpha value is -1.86. The van der Waals surface area contributed by atoms with Crippen LogP contribution in [0.25, 0.3) is 0 Å². The quantitative estimate of drug-likeness (QED) is 0.882. The van der Waals surface area contributed by atoms with Crippen molar-refractivity contribution in [1.29, 1.82) is 5.26 Å². The Bertz CT molecular complexity index is 491. The van der Waals surface area contributed by atoms with Crippen molar-refractivity contribution >= 4 is 5.91 Å². The number of hydrogen-bond donors (Lipinski definition) is 1. The largest absolute Gasteiger partial charge is 0.372 e. The van der Waals surface area contributed by atoms with Gasteiger partial charge < -0.3 is 10.1 Å². The van der Waals surface area contributed by atoms with Gasteiger partial charge in [-0.25, -0.2) is 0 Å². The number of benzene rings is 1. The van der Waals surface area contributed by atoms with E-state index in [-0.39, 0.29) is 11.9 Å². The van der Waals surface area contributed by atoms with Gasteiger partial charge in [0.05, 0.1) is 25.7 Å². The fraction of sp³-hybridized carbons (Fsp3) is 0.429. The number of nitrogens with zero attached hydrogens (tertiary/aromatic N) is 1. The number of carbonyl (C=O) groups is 1. The standard InChI is InChI=1S/C14H16N2O2/c1-2-13(5-6-15)16-14(17)10-3-4-11-8-18-9-12(11)7-10/h3-4,7,13H,2,5,8-9H2,1H3,(H,16,17). The average Bonchev–Trinajstić information content (AvgIpc) is 2.85. The summed E-state index contributed by atoms with van der Waals surface area (Å²) in [5.74, 6) is -0.119. The fourth-order valence-electron chi connectivity index (χ4n) is 1.99. The molecule has 2 rings (SSSR count). The summed E-state index contributed by atoms with van der Waals surface area (Å²) in [5, 5.41) is 11.5. The number of fused-ring (bicyclic) bond motifs is 1. The number of nitriles is 1. The average molecular weight is 244 g/mol. The number of amides is 1. The molecule has 4 heteroatoms. The molecule has 1 aliphatic heterocycles. The van der Waals surface area contributed by atoms with E-state index in [1.165, 1.54) is 0 Å². The molecule has 94 valence electrons. The van der Waals surface area contributed by atoms with Crippen molar-refractivity contribution in [1.82, 2.24) is 5.32 Å². The van der Waals surface area contributed by atoms with Crippen LogP contribution in [-0.4, -0.2) is 11.9 Å². The molecule has 4 nitrogen and oxygen atoms in total. The van der Waals surface area contributed by atoms with Gasteiger partial charge in [0.2, 0.25) is 0 Å². The van der Waals surface area contributed by atoms with Crippen LogP contribution in [0.4, 0.5) is 0 Å². The van der Waals surface area contributed by atoms with Crippen molar-refractivity contribution in [2.45, 2.75) is 39.0 Å². The second kappa shape index (κ2) is 5.65. The van der Waals surface area contributed by atoms with E-state index in [0.29, 0.717) is 25.2 Å². The Kier molecular flexibility index (Phi) is 3.96. The number of rotatable bonds is 4. The van der Waals surface area contributed by atoms with Gasteiger partial charge in [-0.1, -0.05) is 13.0 Å². The number of carbonyl (C=O) groups excluding carboxylic acids is 1. The first-order valence-corrected chi connectivity index (χ1v) is 6.12. The molecule has 1 N–H and O–H groups in total. The third kappa shape index (κ3) is 2.69. The summed E-state index contributed by atoms with van der Waals surface area (Å²) in [5.41, 5.74) is 2.86. The van der Waals surface area contributed by atoms with Crippen LogP contribution in [0.2, 0.25) is 0 Å². The van der Waals surface area contributed by atoms with E-state index in [9.17, 15) is 4.79 Å². The highest BCUT2D eigenvalue weighted by atomic mass is 16.5. The van der Waals surface area contributed by atoms with Gasteiger partial charge in [0.25, 0.3) is 5.91 Å². The van der Waals surface area contributed by atoms with Crippen molar-refractivity contribution in [3.8, 4) is 6.07 Å². The summed E-state index contributed by atoms with van der Waals surface area (Å²) < 4.78 is 5.32. The topological polar surface area (TPSA) is 62.1 Å². The van der Waals surface area contributed by atoms with Gasteiger partial charge in [-0.2, -0.15) is 5.26 Å². The molecule has 1 heterocycles. The highest BCUT2D eigenvalue weighted by Gasteiger charge is 2.16. The zero-order chi connectivity index (χ0) is 13.0. The number of nitrogens with one attached hydrogen (secondary N) is 1. The number of ether oxygens (including phenoxy) is 1. The maximum Gasteiger partial charge on any atom is 0.251 e. The molecule has 18 heavy (non-hydrogen) atoms. The highest BCUT2D eigenvalue weighted by Crippen LogP contribution is 2.20. The summed E-state index contributed by atoms with van der Waals surface area (Å²) in [7, 11) is 0. The summed E-state index contributed by atoms with van der Waals surface area (Å²) in [4.78, 5) is 12.0. The lowest BCUT2D eigenvalue weighted by Gasteiger charge is -2.13. The van der Waals surface area contributed by atoms with E-state index >= 15 is 0 Å². The van der Waals surface area contributed by atoms with Gasteiger partial charge in [0.1, 0.15) is 0 Å². The van der Waals surface area contributed by atoms with Gasteiger partial charge in [-0.3, -0.25) is 4.79 Å². The Morgan fingerprint density at radius 1 is 1.50 bits per heavy atom. The summed E-state index contributed by atoms with van der Waals surface area (Å²) in [6.45, 7) is 3.16. The zero-order valence-electron chi connectivity index (χ0n) is 10.4. The molecule has 0 saturated carbocycles. The second-order valence-corrected chi connectivity index (χ2v) is 4.42. The van der Waals surface area contributed by atoms with Gasteiger partial charge in [0, 0.05) is 11.6 Å². The van der Waals surface area contributed by atoms with Crippen molar-refractivity contribution in [2.24, 2.45) is 0 Å². The molecule has 1 atom stereocenters. The van der Waals surface area contributed by atoms with Crippen molar-refractivity contribution in [3.05, 3.63) is 34.9 Å². The highest BCUT2D eigenvalue weighted by molar-refractivity contribution is 5.94. The smallest absolute Gasteiger partial charge is 0.251 e. The Balaban J connectivity index is 2.07. The molecule has 1 amide bonds. The van der Waals surface area contributed by atoms with Crippen molar-refractivity contribution in [3.63, 3.8) is 0 Å². The van der Waals surface area contributed by atoms with Gasteiger partial charge in [-0.05, 0) is 29.7 Å². The third-order valence-corrected chi connectivity index (χ3v) is 3.15. The normalized spacial score (nSPS) is 14.7. The zero-order valence-corrected chi connectivity index (χ0v) is 10.4. The minimum absolute atomic E-state index is 0.0768. The molecule has 0 spiro atoms. The van der Waals surface area contributed by atoms with Crippen LogP contribution in [0.5, 0.6) is 0 Å². The van der Waals surface area contributed by atoms with Crippen LogP contribution in [-0.2, 0) is 18.0 Å². The number of hydrogen-bond acceptors (Lipinski definition) is 3. The molecule has 0 aromatic heterocycles. The lowest BCUT2D eigenvalue weighted by atomic mass is 10.1. The predicted octanol–water partition coefficient (Wildman–Crippen LogP) is 2.14. The Labute approximate surface area is 107 Å². The maximum atomic E-state index is 12.0. The fourth-order valence-corrected chi connectivity index (χ4v) is 1.99.